The Hall–Kier alpha value is -2.94. The molecule has 2 amide bonds. The zero-order chi connectivity index (χ0) is 19.4. The fraction of sp³-hybridized carbons (Fsp3) is 0.444. The topological polar surface area (TPSA) is 129 Å². The van der Waals surface area contributed by atoms with Crippen molar-refractivity contribution in [2.45, 2.75) is 38.6 Å². The van der Waals surface area contributed by atoms with Crippen LogP contribution >= 0.6 is 0 Å². The van der Waals surface area contributed by atoms with Crippen LogP contribution in [0.4, 0.5) is 0 Å². The predicted molar refractivity (Wildman–Crippen MR) is 96.9 cm³/mol. The monoisotopic (exact) mass is 373 g/mol. The Balaban J connectivity index is 1.93. The van der Waals surface area contributed by atoms with E-state index in [1.165, 1.54) is 10.7 Å². The number of rotatable bonds is 8. The summed E-state index contributed by atoms with van der Waals surface area (Å²) in [4.78, 5) is 24.3. The number of nitrogens with zero attached hydrogens (tertiary/aromatic N) is 3. The van der Waals surface area contributed by atoms with Crippen molar-refractivity contribution >= 4 is 11.8 Å². The largest absolute Gasteiger partial charge is 0.506 e. The van der Waals surface area contributed by atoms with Gasteiger partial charge in [-0.15, -0.1) is 5.10 Å². The SMILES string of the molecule is CCNC(=O)c1ccc(-n2nnc(C(=O)NC3CC3)c2CCCO)c(O)c1. The third-order valence-electron chi connectivity index (χ3n) is 4.27. The molecule has 0 unspecified atom stereocenters. The summed E-state index contributed by atoms with van der Waals surface area (Å²) in [5, 5.41) is 33.1. The Labute approximate surface area is 156 Å². The second kappa shape index (κ2) is 8.17. The van der Waals surface area contributed by atoms with E-state index < -0.39 is 0 Å². The highest BCUT2D eigenvalue weighted by Crippen LogP contribution is 2.26. The second-order valence-corrected chi connectivity index (χ2v) is 6.43. The number of carbonyl (C=O) groups excluding carboxylic acids is 2. The molecule has 1 fully saturated rings. The summed E-state index contributed by atoms with van der Waals surface area (Å²) < 4.78 is 1.38. The molecular formula is C18H23N5O4. The molecule has 0 aliphatic heterocycles. The van der Waals surface area contributed by atoms with Crippen LogP contribution in [0.15, 0.2) is 18.2 Å². The number of phenols is 1. The zero-order valence-electron chi connectivity index (χ0n) is 15.1. The minimum absolute atomic E-state index is 0.0447. The lowest BCUT2D eigenvalue weighted by molar-refractivity contribution is 0.0940. The maximum absolute atomic E-state index is 12.4. The Kier molecular flexibility index (Phi) is 5.70. The maximum atomic E-state index is 12.4. The minimum atomic E-state index is -0.310. The number of amides is 2. The fourth-order valence-corrected chi connectivity index (χ4v) is 2.73. The quantitative estimate of drug-likeness (QED) is 0.534. The summed E-state index contributed by atoms with van der Waals surface area (Å²) in [5.41, 5.74) is 1.32. The highest BCUT2D eigenvalue weighted by molar-refractivity contribution is 5.95. The van der Waals surface area contributed by atoms with Gasteiger partial charge in [-0.1, -0.05) is 5.21 Å². The molecule has 0 bridgehead atoms. The average molecular weight is 373 g/mol. The van der Waals surface area contributed by atoms with Crippen LogP contribution in [0.1, 0.15) is 52.7 Å². The normalized spacial score (nSPS) is 13.4. The third kappa shape index (κ3) is 4.25. The van der Waals surface area contributed by atoms with Crippen molar-refractivity contribution < 1.29 is 19.8 Å². The summed E-state index contributed by atoms with van der Waals surface area (Å²) >= 11 is 0. The molecular weight excluding hydrogens is 350 g/mol. The van der Waals surface area contributed by atoms with Gasteiger partial charge in [0.2, 0.25) is 0 Å². The first kappa shape index (κ1) is 18.8. The molecule has 1 saturated carbocycles. The van der Waals surface area contributed by atoms with E-state index in [9.17, 15) is 14.7 Å². The number of hydrogen-bond donors (Lipinski definition) is 4. The van der Waals surface area contributed by atoms with Crippen LogP contribution in [0.5, 0.6) is 5.75 Å². The van der Waals surface area contributed by atoms with E-state index in [1.807, 2.05) is 6.92 Å². The molecule has 1 heterocycles. The summed E-state index contributed by atoms with van der Waals surface area (Å²) in [5.74, 6) is -0.749. The van der Waals surface area contributed by atoms with Crippen LogP contribution in [0.2, 0.25) is 0 Å². The van der Waals surface area contributed by atoms with Gasteiger partial charge in [0, 0.05) is 24.8 Å². The highest BCUT2D eigenvalue weighted by atomic mass is 16.3. The van der Waals surface area contributed by atoms with Gasteiger partial charge in [-0.3, -0.25) is 9.59 Å². The van der Waals surface area contributed by atoms with Crippen LogP contribution in [-0.2, 0) is 6.42 Å². The number of aliphatic hydroxyl groups is 1. The molecule has 3 rings (SSSR count). The first-order chi connectivity index (χ1) is 13.0. The molecule has 4 N–H and O–H groups in total. The first-order valence-corrected chi connectivity index (χ1v) is 9.03. The van der Waals surface area contributed by atoms with Crippen LogP contribution < -0.4 is 10.6 Å². The number of benzene rings is 1. The number of aromatic hydroxyl groups is 1. The molecule has 2 aromatic rings. The van der Waals surface area contributed by atoms with E-state index in [-0.39, 0.29) is 35.9 Å². The third-order valence-corrected chi connectivity index (χ3v) is 4.27. The van der Waals surface area contributed by atoms with E-state index in [1.54, 1.807) is 12.1 Å². The summed E-state index contributed by atoms with van der Waals surface area (Å²) in [6, 6.07) is 4.65. The van der Waals surface area contributed by atoms with E-state index >= 15 is 0 Å². The number of aromatic nitrogens is 3. The summed E-state index contributed by atoms with van der Waals surface area (Å²) in [7, 11) is 0. The number of phenolic OH excluding ortho intramolecular Hbond substituents is 1. The van der Waals surface area contributed by atoms with Gasteiger partial charge >= 0.3 is 0 Å². The smallest absolute Gasteiger partial charge is 0.273 e. The Morgan fingerprint density at radius 2 is 2.07 bits per heavy atom. The molecule has 1 aliphatic carbocycles. The lowest BCUT2D eigenvalue weighted by atomic mass is 10.1. The standard InChI is InChI=1S/C18H23N5O4/c1-2-19-17(26)11-5-8-13(15(25)10-11)23-14(4-3-9-24)16(21-22-23)18(27)20-12-6-7-12/h5,8,10,12,24-25H,2-4,6-7,9H2,1H3,(H,19,26)(H,20,27). The van der Waals surface area contributed by atoms with Crippen molar-refractivity contribution in [1.82, 2.24) is 25.6 Å². The molecule has 1 aromatic heterocycles. The van der Waals surface area contributed by atoms with Gasteiger partial charge in [0.15, 0.2) is 5.69 Å². The van der Waals surface area contributed by atoms with E-state index in [0.717, 1.165) is 12.8 Å². The van der Waals surface area contributed by atoms with Gasteiger partial charge in [0.25, 0.3) is 11.8 Å². The van der Waals surface area contributed by atoms with Gasteiger partial charge in [-0.05, 0) is 50.8 Å². The van der Waals surface area contributed by atoms with Crippen molar-refractivity contribution in [1.29, 1.82) is 0 Å². The predicted octanol–water partition coefficient (Wildman–Crippen LogP) is 0.540. The molecule has 9 nitrogen and oxygen atoms in total. The van der Waals surface area contributed by atoms with Gasteiger partial charge in [-0.2, -0.15) is 0 Å². The Morgan fingerprint density at radius 3 is 2.70 bits per heavy atom. The van der Waals surface area contributed by atoms with Crippen molar-refractivity contribution in [2.75, 3.05) is 13.2 Å². The highest BCUT2D eigenvalue weighted by Gasteiger charge is 2.28. The van der Waals surface area contributed by atoms with E-state index in [2.05, 4.69) is 20.9 Å². The van der Waals surface area contributed by atoms with Crippen LogP contribution in [0.25, 0.3) is 5.69 Å². The van der Waals surface area contributed by atoms with Crippen LogP contribution in [0, 0.1) is 0 Å². The lowest BCUT2D eigenvalue weighted by Gasteiger charge is -2.11. The van der Waals surface area contributed by atoms with Gasteiger partial charge in [0.1, 0.15) is 11.4 Å². The molecule has 9 heteroatoms. The van der Waals surface area contributed by atoms with Crippen LogP contribution in [0.3, 0.4) is 0 Å². The number of carbonyl (C=O) groups is 2. The van der Waals surface area contributed by atoms with E-state index in [0.29, 0.717) is 36.3 Å². The molecule has 0 atom stereocenters. The number of nitrogens with one attached hydrogen (secondary N) is 2. The molecule has 1 aromatic carbocycles. The molecule has 1 aliphatic rings. The Bertz CT molecular complexity index is 844. The van der Waals surface area contributed by atoms with Gasteiger partial charge in [-0.25, -0.2) is 4.68 Å². The number of hydrogen-bond acceptors (Lipinski definition) is 6. The average Bonchev–Trinajstić information content (AvgIpc) is 3.36. The van der Waals surface area contributed by atoms with Crippen molar-refractivity contribution in [3.8, 4) is 11.4 Å². The zero-order valence-corrected chi connectivity index (χ0v) is 15.1. The van der Waals surface area contributed by atoms with Gasteiger partial charge in [0.05, 0.1) is 5.69 Å². The molecule has 0 saturated heterocycles. The van der Waals surface area contributed by atoms with E-state index in [4.69, 9.17) is 5.11 Å². The maximum Gasteiger partial charge on any atom is 0.273 e. The van der Waals surface area contributed by atoms with Crippen LogP contribution in [-0.4, -0.2) is 56.2 Å². The second-order valence-electron chi connectivity index (χ2n) is 6.43. The molecule has 27 heavy (non-hydrogen) atoms. The van der Waals surface area contributed by atoms with Crippen molar-refractivity contribution in [3.63, 3.8) is 0 Å². The molecule has 0 spiro atoms. The molecule has 0 radical (unpaired) electrons. The lowest BCUT2D eigenvalue weighted by Crippen LogP contribution is -2.27. The van der Waals surface area contributed by atoms with Crippen molar-refractivity contribution in [2.24, 2.45) is 0 Å². The van der Waals surface area contributed by atoms with Gasteiger partial charge < -0.3 is 20.8 Å². The minimum Gasteiger partial charge on any atom is -0.506 e. The summed E-state index contributed by atoms with van der Waals surface area (Å²) in [6.45, 7) is 2.25. The fourth-order valence-electron chi connectivity index (χ4n) is 2.73. The molecule has 144 valence electrons. The Morgan fingerprint density at radius 1 is 1.30 bits per heavy atom. The van der Waals surface area contributed by atoms with Crippen molar-refractivity contribution in [3.05, 3.63) is 35.2 Å². The number of aliphatic hydroxyl groups excluding tert-OH is 1. The summed E-state index contributed by atoms with van der Waals surface area (Å²) in [6.07, 6.45) is 2.70. The first-order valence-electron chi connectivity index (χ1n) is 9.03.